The molecule has 0 aromatic heterocycles. The first kappa shape index (κ1) is 31.5. The number of hydroxylamine groups is 2. The average Bonchev–Trinajstić information content (AvgIpc) is 3.02. The van der Waals surface area contributed by atoms with E-state index in [0.29, 0.717) is 12.1 Å². The lowest BCUT2D eigenvalue weighted by Gasteiger charge is -2.32. The SMILES string of the molecule is NC(N)=NCCC[C@@H](C(=O)Nc1ccc2ccccc2c1)N(OCc1ccccc1)C(=O)[C@H](Cc1ccccc1)NC(=O)O. The average molecular weight is 597 g/mol. The van der Waals surface area contributed by atoms with Crippen LogP contribution in [0.2, 0.25) is 0 Å². The van der Waals surface area contributed by atoms with Crippen LogP contribution in [0.25, 0.3) is 10.8 Å². The Bertz CT molecular complexity index is 1580. The van der Waals surface area contributed by atoms with E-state index in [1.54, 1.807) is 30.3 Å². The number of carbonyl (C=O) groups excluding carboxylic acids is 2. The molecule has 4 rings (SSSR count). The number of nitrogens with two attached hydrogens (primary N) is 2. The first-order valence-corrected chi connectivity index (χ1v) is 14.2. The predicted molar refractivity (Wildman–Crippen MR) is 169 cm³/mol. The highest BCUT2D eigenvalue weighted by molar-refractivity contribution is 5.99. The lowest BCUT2D eigenvalue weighted by molar-refractivity contribution is -0.208. The molecule has 0 heterocycles. The second kappa shape index (κ2) is 15.7. The molecule has 0 spiro atoms. The van der Waals surface area contributed by atoms with Crippen LogP contribution in [0.4, 0.5) is 10.5 Å². The monoisotopic (exact) mass is 596 g/mol. The molecular formula is C33H36N6O5. The fourth-order valence-electron chi connectivity index (χ4n) is 4.72. The number of fused-ring (bicyclic) bond motifs is 1. The number of nitrogens with zero attached hydrogens (tertiary/aromatic N) is 2. The van der Waals surface area contributed by atoms with Crippen molar-refractivity contribution in [2.24, 2.45) is 16.5 Å². The van der Waals surface area contributed by atoms with Gasteiger partial charge in [0.05, 0.1) is 0 Å². The fraction of sp³-hybridized carbons (Fsp3) is 0.212. The highest BCUT2D eigenvalue weighted by Gasteiger charge is 2.36. The van der Waals surface area contributed by atoms with Crippen molar-refractivity contribution in [1.29, 1.82) is 0 Å². The van der Waals surface area contributed by atoms with E-state index in [4.69, 9.17) is 16.3 Å². The summed E-state index contributed by atoms with van der Waals surface area (Å²) < 4.78 is 0. The minimum Gasteiger partial charge on any atom is -0.465 e. The normalized spacial score (nSPS) is 12.1. The molecule has 0 aliphatic heterocycles. The van der Waals surface area contributed by atoms with Crippen LogP contribution in [0.1, 0.15) is 24.0 Å². The molecule has 0 saturated carbocycles. The van der Waals surface area contributed by atoms with Crippen LogP contribution < -0.4 is 22.1 Å². The number of benzene rings is 4. The van der Waals surface area contributed by atoms with Crippen LogP contribution in [0.5, 0.6) is 0 Å². The molecule has 3 amide bonds. The summed E-state index contributed by atoms with van der Waals surface area (Å²) in [5.41, 5.74) is 13.0. The Morgan fingerprint density at radius 3 is 2.14 bits per heavy atom. The van der Waals surface area contributed by atoms with Crippen LogP contribution in [0, 0.1) is 0 Å². The van der Waals surface area contributed by atoms with Crippen LogP contribution in [0.15, 0.2) is 108 Å². The van der Waals surface area contributed by atoms with Crippen molar-refractivity contribution in [2.75, 3.05) is 11.9 Å². The van der Waals surface area contributed by atoms with E-state index in [9.17, 15) is 19.5 Å². The van der Waals surface area contributed by atoms with Gasteiger partial charge in [0, 0.05) is 18.7 Å². The molecule has 0 unspecified atom stereocenters. The van der Waals surface area contributed by atoms with Gasteiger partial charge < -0.3 is 27.2 Å². The van der Waals surface area contributed by atoms with Gasteiger partial charge in [-0.1, -0.05) is 91.0 Å². The summed E-state index contributed by atoms with van der Waals surface area (Å²) in [4.78, 5) is 49.9. The zero-order valence-corrected chi connectivity index (χ0v) is 24.1. The molecule has 0 saturated heterocycles. The van der Waals surface area contributed by atoms with Crippen molar-refractivity contribution >= 4 is 40.3 Å². The first-order chi connectivity index (χ1) is 21.3. The van der Waals surface area contributed by atoms with Crippen LogP contribution in [0.3, 0.4) is 0 Å². The molecule has 7 N–H and O–H groups in total. The number of hydrogen-bond donors (Lipinski definition) is 5. The number of aliphatic imine (C=N–C) groups is 1. The van der Waals surface area contributed by atoms with Gasteiger partial charge in [0.2, 0.25) is 5.91 Å². The van der Waals surface area contributed by atoms with E-state index < -0.39 is 30.0 Å². The maximum absolute atomic E-state index is 14.1. The molecule has 0 bridgehead atoms. The third-order valence-electron chi connectivity index (χ3n) is 6.84. The number of hydrogen-bond acceptors (Lipinski definition) is 5. The summed E-state index contributed by atoms with van der Waals surface area (Å²) in [6, 6.07) is 29.0. The standard InChI is InChI=1S/C33H36N6O5/c34-32(35)36-19-9-16-29(30(40)37-27-18-17-25-14-7-8-15-26(25)21-27)39(44-22-24-12-5-2-6-13-24)31(41)28(38-33(42)43)20-23-10-3-1-4-11-23/h1-8,10-15,17-18,21,28-29,38H,9,16,19-20,22H2,(H,37,40)(H,42,43)(H4,34,35,36)/t28-,29-/m0/s1. The Morgan fingerprint density at radius 2 is 1.48 bits per heavy atom. The lowest BCUT2D eigenvalue weighted by Crippen LogP contribution is -2.55. The van der Waals surface area contributed by atoms with E-state index >= 15 is 0 Å². The molecule has 11 heteroatoms. The summed E-state index contributed by atoms with van der Waals surface area (Å²) >= 11 is 0. The highest BCUT2D eigenvalue weighted by atomic mass is 16.7. The zero-order chi connectivity index (χ0) is 31.3. The predicted octanol–water partition coefficient (Wildman–Crippen LogP) is 4.04. The maximum Gasteiger partial charge on any atom is 0.405 e. The summed E-state index contributed by atoms with van der Waals surface area (Å²) in [5, 5.41) is 17.8. The number of anilines is 1. The van der Waals surface area contributed by atoms with Crippen LogP contribution in [-0.2, 0) is 27.5 Å². The Labute approximate surface area is 255 Å². The van der Waals surface area contributed by atoms with E-state index in [-0.39, 0.29) is 32.0 Å². The fourth-order valence-corrected chi connectivity index (χ4v) is 4.72. The number of amides is 3. The van der Waals surface area contributed by atoms with Gasteiger partial charge in [-0.3, -0.25) is 19.4 Å². The summed E-state index contributed by atoms with van der Waals surface area (Å²) in [6.45, 7) is 0.176. The molecule has 4 aromatic rings. The van der Waals surface area contributed by atoms with Gasteiger partial charge in [-0.05, 0) is 46.9 Å². The lowest BCUT2D eigenvalue weighted by atomic mass is 10.0. The third-order valence-corrected chi connectivity index (χ3v) is 6.84. The zero-order valence-electron chi connectivity index (χ0n) is 24.1. The van der Waals surface area contributed by atoms with Gasteiger partial charge in [-0.15, -0.1) is 0 Å². The van der Waals surface area contributed by atoms with Gasteiger partial charge in [0.15, 0.2) is 5.96 Å². The van der Waals surface area contributed by atoms with Gasteiger partial charge in [-0.25, -0.2) is 9.86 Å². The largest absolute Gasteiger partial charge is 0.465 e. The van der Waals surface area contributed by atoms with E-state index in [2.05, 4.69) is 15.6 Å². The molecule has 0 aliphatic carbocycles. The second-order valence-corrected chi connectivity index (χ2v) is 10.1. The van der Waals surface area contributed by atoms with E-state index in [1.807, 2.05) is 72.8 Å². The third kappa shape index (κ3) is 9.30. The van der Waals surface area contributed by atoms with Gasteiger partial charge in [0.1, 0.15) is 18.7 Å². The van der Waals surface area contributed by atoms with Crippen molar-refractivity contribution in [3.05, 3.63) is 114 Å². The molecule has 0 aliphatic rings. The number of carbonyl (C=O) groups is 3. The molecule has 0 fully saturated rings. The highest BCUT2D eigenvalue weighted by Crippen LogP contribution is 2.21. The molecule has 0 radical (unpaired) electrons. The van der Waals surface area contributed by atoms with Crippen molar-refractivity contribution in [3.8, 4) is 0 Å². The Hall–Kier alpha value is -5.42. The minimum absolute atomic E-state index is 0.0363. The van der Waals surface area contributed by atoms with Crippen LogP contribution in [-0.4, -0.2) is 52.7 Å². The number of guanidine groups is 1. The van der Waals surface area contributed by atoms with Gasteiger partial charge in [0.25, 0.3) is 5.91 Å². The Kier molecular flexibility index (Phi) is 11.3. The van der Waals surface area contributed by atoms with Crippen molar-refractivity contribution in [1.82, 2.24) is 10.4 Å². The van der Waals surface area contributed by atoms with Crippen molar-refractivity contribution < 1.29 is 24.3 Å². The molecular weight excluding hydrogens is 560 g/mol. The summed E-state index contributed by atoms with van der Waals surface area (Å²) in [6.07, 6.45) is -0.874. The number of nitrogens with one attached hydrogen (secondary N) is 2. The van der Waals surface area contributed by atoms with E-state index in [0.717, 1.165) is 27.0 Å². The van der Waals surface area contributed by atoms with E-state index in [1.165, 1.54) is 0 Å². The first-order valence-electron chi connectivity index (χ1n) is 14.2. The van der Waals surface area contributed by atoms with Crippen molar-refractivity contribution in [3.63, 3.8) is 0 Å². The number of rotatable bonds is 14. The van der Waals surface area contributed by atoms with Crippen molar-refractivity contribution in [2.45, 2.75) is 38.0 Å². The minimum atomic E-state index is -1.38. The summed E-state index contributed by atoms with van der Waals surface area (Å²) in [7, 11) is 0. The maximum atomic E-state index is 14.1. The summed E-state index contributed by atoms with van der Waals surface area (Å²) in [5.74, 6) is -1.32. The quantitative estimate of drug-likeness (QED) is 0.0632. The van der Waals surface area contributed by atoms with Gasteiger partial charge >= 0.3 is 6.09 Å². The molecule has 4 aromatic carbocycles. The molecule has 228 valence electrons. The molecule has 2 atom stereocenters. The number of carboxylic acid groups (broad SMARTS) is 1. The van der Waals surface area contributed by atoms with Crippen LogP contribution >= 0.6 is 0 Å². The smallest absolute Gasteiger partial charge is 0.405 e. The molecule has 11 nitrogen and oxygen atoms in total. The van der Waals surface area contributed by atoms with Gasteiger partial charge in [-0.2, -0.15) is 0 Å². The molecule has 44 heavy (non-hydrogen) atoms. The Morgan fingerprint density at radius 1 is 0.841 bits per heavy atom. The second-order valence-electron chi connectivity index (χ2n) is 10.1. The topological polar surface area (TPSA) is 172 Å². The Balaban J connectivity index is 1.67.